The zero-order chi connectivity index (χ0) is 25.4. The normalized spacial score (nSPS) is 23.4. The Morgan fingerprint density at radius 3 is 2.63 bits per heavy atom. The fourth-order valence-electron chi connectivity index (χ4n) is 5.86. The van der Waals surface area contributed by atoms with Crippen LogP contribution in [-0.2, 0) is 10.3 Å². The van der Waals surface area contributed by atoms with Crippen molar-refractivity contribution in [1.29, 1.82) is 0 Å². The molecule has 5 heterocycles. The lowest BCUT2D eigenvalue weighted by molar-refractivity contribution is -0.0851. The van der Waals surface area contributed by atoms with Gasteiger partial charge in [0.05, 0.1) is 49.3 Å². The molecule has 2 saturated carbocycles. The van der Waals surface area contributed by atoms with Gasteiger partial charge in [-0.2, -0.15) is 0 Å². The van der Waals surface area contributed by atoms with Crippen molar-refractivity contribution in [3.63, 3.8) is 0 Å². The molecule has 0 unspecified atom stereocenters. The first kappa shape index (κ1) is 24.0. The molecule has 0 radical (unpaired) electrons. The Labute approximate surface area is 223 Å². The third-order valence-electron chi connectivity index (χ3n) is 8.91. The van der Waals surface area contributed by atoms with Gasteiger partial charge in [-0.15, -0.1) is 5.10 Å². The number of nitrogens with one attached hydrogen (secondary N) is 1. The maximum atomic E-state index is 6.03. The molecule has 2 saturated heterocycles. The van der Waals surface area contributed by atoms with Crippen molar-refractivity contribution in [3.05, 3.63) is 48.7 Å². The Morgan fingerprint density at radius 2 is 1.92 bits per heavy atom. The predicted octanol–water partition coefficient (Wildman–Crippen LogP) is 3.80. The predicted molar refractivity (Wildman–Crippen MR) is 144 cm³/mol. The highest BCUT2D eigenvalue weighted by atomic mass is 16.5. The number of hydrogen-bond acceptors (Lipinski definition) is 8. The minimum atomic E-state index is -0.438. The molecule has 1 N–H and O–H groups in total. The Kier molecular flexibility index (Phi) is 6.49. The average molecular weight is 516 g/mol. The van der Waals surface area contributed by atoms with E-state index in [9.17, 15) is 0 Å². The summed E-state index contributed by atoms with van der Waals surface area (Å²) in [5, 5.41) is 12.8. The number of piperidine rings is 1. The third-order valence-corrected chi connectivity index (χ3v) is 8.91. The second-order valence-corrected chi connectivity index (χ2v) is 11.5. The van der Waals surface area contributed by atoms with Crippen molar-refractivity contribution in [3.8, 4) is 17.0 Å². The number of rotatable bonds is 9. The van der Waals surface area contributed by atoms with Crippen molar-refractivity contribution in [2.24, 2.45) is 5.92 Å². The third kappa shape index (κ3) is 4.66. The molecule has 0 spiro atoms. The lowest BCUT2D eigenvalue weighted by atomic mass is 9.85. The summed E-state index contributed by atoms with van der Waals surface area (Å²) in [7, 11) is 0. The van der Waals surface area contributed by atoms with Crippen LogP contribution in [0.2, 0.25) is 0 Å². The molecule has 1 atom stereocenters. The van der Waals surface area contributed by atoms with Crippen LogP contribution in [0.5, 0.6) is 5.75 Å². The summed E-state index contributed by atoms with van der Waals surface area (Å²) in [6.07, 6.45) is 18.0. The number of hydrogen-bond donors (Lipinski definition) is 1. The van der Waals surface area contributed by atoms with Crippen molar-refractivity contribution >= 4 is 5.69 Å². The number of anilines is 1. The molecule has 2 aliphatic heterocycles. The molecule has 0 bridgehead atoms. The Balaban J connectivity index is 1.05. The topological polar surface area (TPSA) is 90.2 Å². The standard InChI is InChI=1S/C29H37N7O2/c1-4-21(5-1)13-31-23-6-3-11-35(17-23)24-9-10-28(32-15-24)29(19-37-20-29)36-18-27(33-34-36)22-12-26(16-30-14-22)38-25-7-2-8-25/h9-10,12,14-16,18,21,23,25,31H,1-8,11,13,17,19-20H2/t23-/m1/s1. The van der Waals surface area contributed by atoms with E-state index in [2.05, 4.69) is 37.6 Å². The molecule has 9 nitrogen and oxygen atoms in total. The van der Waals surface area contributed by atoms with E-state index in [-0.39, 0.29) is 0 Å². The molecule has 38 heavy (non-hydrogen) atoms. The highest BCUT2D eigenvalue weighted by Crippen LogP contribution is 2.35. The van der Waals surface area contributed by atoms with Crippen LogP contribution in [-0.4, -0.2) is 70.0 Å². The zero-order valence-electron chi connectivity index (χ0n) is 22.0. The van der Waals surface area contributed by atoms with Crippen molar-refractivity contribution < 1.29 is 9.47 Å². The van der Waals surface area contributed by atoms with Gasteiger partial charge in [-0.05, 0) is 75.6 Å². The molecule has 7 rings (SSSR count). The van der Waals surface area contributed by atoms with E-state index in [1.807, 2.05) is 29.3 Å². The van der Waals surface area contributed by atoms with Crippen LogP contribution in [0.3, 0.4) is 0 Å². The maximum absolute atomic E-state index is 6.03. The molecule has 4 fully saturated rings. The van der Waals surface area contributed by atoms with Crippen LogP contribution in [0.25, 0.3) is 11.3 Å². The van der Waals surface area contributed by atoms with Crippen molar-refractivity contribution in [1.82, 2.24) is 30.3 Å². The van der Waals surface area contributed by atoms with E-state index in [4.69, 9.17) is 14.5 Å². The SMILES string of the molecule is c1ncc(-c2cn(C3(c4ccc(N5CCC[C@@H](NCC6CCC6)C5)cn4)COC3)nn2)cc1OC1CCC1. The Morgan fingerprint density at radius 1 is 1.03 bits per heavy atom. The Bertz CT molecular complexity index is 1230. The second-order valence-electron chi connectivity index (χ2n) is 11.5. The number of nitrogens with zero attached hydrogens (tertiary/aromatic N) is 6. The molecule has 0 aromatic carbocycles. The van der Waals surface area contributed by atoms with Crippen LogP contribution in [0.15, 0.2) is 43.0 Å². The summed E-state index contributed by atoms with van der Waals surface area (Å²) in [5.41, 5.74) is 3.38. The lowest BCUT2D eigenvalue weighted by Gasteiger charge is -2.41. The van der Waals surface area contributed by atoms with E-state index in [1.54, 1.807) is 6.20 Å². The minimum Gasteiger partial charge on any atom is -0.489 e. The summed E-state index contributed by atoms with van der Waals surface area (Å²) >= 11 is 0. The summed E-state index contributed by atoms with van der Waals surface area (Å²) < 4.78 is 13.6. The van der Waals surface area contributed by atoms with Gasteiger partial charge in [0.25, 0.3) is 0 Å². The Hall–Kier alpha value is -3.04. The molecule has 3 aromatic rings. The molecule has 3 aromatic heterocycles. The lowest BCUT2D eigenvalue weighted by Crippen LogP contribution is -2.53. The van der Waals surface area contributed by atoms with Gasteiger partial charge in [0.2, 0.25) is 0 Å². The van der Waals surface area contributed by atoms with Crippen LogP contribution in [0.1, 0.15) is 57.1 Å². The first-order valence-electron chi connectivity index (χ1n) is 14.3. The summed E-state index contributed by atoms with van der Waals surface area (Å²) in [6, 6.07) is 6.92. The smallest absolute Gasteiger partial charge is 0.152 e. The van der Waals surface area contributed by atoms with E-state index in [1.165, 1.54) is 50.8 Å². The van der Waals surface area contributed by atoms with E-state index < -0.39 is 5.54 Å². The van der Waals surface area contributed by atoms with Crippen LogP contribution >= 0.6 is 0 Å². The maximum Gasteiger partial charge on any atom is 0.152 e. The largest absolute Gasteiger partial charge is 0.489 e. The van der Waals surface area contributed by atoms with Crippen LogP contribution < -0.4 is 15.0 Å². The molecule has 2 aliphatic carbocycles. The van der Waals surface area contributed by atoms with Gasteiger partial charge in [-0.3, -0.25) is 9.97 Å². The van der Waals surface area contributed by atoms with Crippen LogP contribution in [0.4, 0.5) is 5.69 Å². The highest BCUT2D eigenvalue weighted by Gasteiger charge is 2.45. The quantitative estimate of drug-likeness (QED) is 0.460. The monoisotopic (exact) mass is 515 g/mol. The van der Waals surface area contributed by atoms with Crippen LogP contribution in [0, 0.1) is 5.92 Å². The first-order chi connectivity index (χ1) is 18.7. The minimum absolute atomic E-state index is 0.312. The average Bonchev–Trinajstić information content (AvgIpc) is 3.36. The molecule has 0 amide bonds. The molecule has 9 heteroatoms. The fourth-order valence-corrected chi connectivity index (χ4v) is 5.86. The van der Waals surface area contributed by atoms with Gasteiger partial charge >= 0.3 is 0 Å². The summed E-state index contributed by atoms with van der Waals surface area (Å²) in [6.45, 7) is 4.36. The zero-order valence-corrected chi connectivity index (χ0v) is 22.0. The van der Waals surface area contributed by atoms with Crippen molar-refractivity contribution in [2.45, 2.75) is 69.1 Å². The molecule has 200 valence electrons. The highest BCUT2D eigenvalue weighted by molar-refractivity contribution is 5.58. The second kappa shape index (κ2) is 10.3. The van der Waals surface area contributed by atoms with Gasteiger partial charge in [-0.1, -0.05) is 11.6 Å². The number of aromatic nitrogens is 5. The summed E-state index contributed by atoms with van der Waals surface area (Å²) in [4.78, 5) is 11.8. The molecular formula is C29H37N7O2. The van der Waals surface area contributed by atoms with E-state index in [0.29, 0.717) is 25.4 Å². The fraction of sp³-hybridized carbons (Fsp3) is 0.586. The van der Waals surface area contributed by atoms with Gasteiger partial charge in [-0.25, -0.2) is 4.68 Å². The van der Waals surface area contributed by atoms with Gasteiger partial charge in [0.15, 0.2) is 5.54 Å². The number of pyridine rings is 2. The van der Waals surface area contributed by atoms with E-state index in [0.717, 1.165) is 54.5 Å². The van der Waals surface area contributed by atoms with Gasteiger partial charge < -0.3 is 19.7 Å². The first-order valence-corrected chi connectivity index (χ1v) is 14.3. The van der Waals surface area contributed by atoms with Crippen molar-refractivity contribution in [2.75, 3.05) is 37.7 Å². The van der Waals surface area contributed by atoms with Gasteiger partial charge in [0, 0.05) is 30.9 Å². The molecule has 4 aliphatic rings. The van der Waals surface area contributed by atoms with Gasteiger partial charge in [0.1, 0.15) is 11.4 Å². The molecular weight excluding hydrogens is 478 g/mol. The van der Waals surface area contributed by atoms with E-state index >= 15 is 0 Å². The summed E-state index contributed by atoms with van der Waals surface area (Å²) in [5.74, 6) is 1.68. The number of ether oxygens (including phenoxy) is 2.